The zero-order valence-electron chi connectivity index (χ0n) is 25.0. The van der Waals surface area contributed by atoms with Gasteiger partial charge in [-0.3, -0.25) is 10.2 Å². The van der Waals surface area contributed by atoms with E-state index >= 15 is 0 Å². The number of hydrogen-bond donors (Lipinski definition) is 6. The maximum absolute atomic E-state index is 14.4. The molecule has 1 aromatic heterocycles. The van der Waals surface area contributed by atoms with Gasteiger partial charge in [-0.2, -0.15) is 0 Å². The standard InChI is InChI=1S/C31H34FN5O6/c1-17-22(21-7-6-19(32)14-24(21)23(17)15-28(38)36-16-20-5-4-10-43-20)11-18-12-26(41-2)29(27(13-18)42-3)37-25(30(39)40)8-9-35-31(33)34/h4-7,10-14,25,37H,8-9,15-16H2,1-3H3,(H,36,38)(H,39,40)(H4,33,34,35). The van der Waals surface area contributed by atoms with Gasteiger partial charge < -0.3 is 40.7 Å². The zero-order valence-corrected chi connectivity index (χ0v) is 24.0. The molecule has 1 aliphatic carbocycles. The normalized spacial score (nSPS) is 14.7. The van der Waals surface area contributed by atoms with Crippen LogP contribution in [0.5, 0.6) is 11.5 Å². The highest BCUT2D eigenvalue weighted by molar-refractivity contribution is 6.08. The van der Waals surface area contributed by atoms with E-state index in [1.165, 1.54) is 32.6 Å². The fourth-order valence-electron chi connectivity index (χ4n) is 4.90. The van der Waals surface area contributed by atoms with Crippen molar-refractivity contribution in [3.05, 3.63) is 82.6 Å². The van der Waals surface area contributed by atoms with Gasteiger partial charge in [0.05, 0.1) is 33.4 Å². The minimum Gasteiger partial charge on any atom is -0.494 e. The second-order valence-corrected chi connectivity index (χ2v) is 9.82. The summed E-state index contributed by atoms with van der Waals surface area (Å²) in [4.78, 5) is 24.8. The summed E-state index contributed by atoms with van der Waals surface area (Å²) in [5, 5.41) is 21.3. The summed E-state index contributed by atoms with van der Waals surface area (Å²) in [6.45, 7) is 2.28. The van der Waals surface area contributed by atoms with E-state index < -0.39 is 17.8 Å². The van der Waals surface area contributed by atoms with Crippen LogP contribution in [-0.4, -0.2) is 49.7 Å². The molecule has 3 aromatic rings. The highest BCUT2D eigenvalue weighted by atomic mass is 19.1. The number of benzene rings is 2. The van der Waals surface area contributed by atoms with Crippen molar-refractivity contribution in [2.45, 2.75) is 32.4 Å². The molecule has 2 aromatic carbocycles. The summed E-state index contributed by atoms with van der Waals surface area (Å²) in [6, 6.07) is 10.4. The lowest BCUT2D eigenvalue weighted by Gasteiger charge is -2.21. The summed E-state index contributed by atoms with van der Waals surface area (Å²) < 4.78 is 37.8. The summed E-state index contributed by atoms with van der Waals surface area (Å²) in [6.07, 6.45) is 3.57. The monoisotopic (exact) mass is 591 g/mol. The zero-order chi connectivity index (χ0) is 31.8. The van der Waals surface area contributed by atoms with Crippen molar-refractivity contribution < 1.29 is 34.4 Å². The third-order valence-corrected chi connectivity index (χ3v) is 7.03. The SMILES string of the molecule is [H]/N=C(/N)NCCC(Nc1c(OC)cc(C=C2C(C)=C(CC(=O)NCc3ccco3)c3cc(F)ccc32)cc1OC)C(=O)O. The Labute approximate surface area is 249 Å². The molecule has 0 saturated heterocycles. The lowest BCUT2D eigenvalue weighted by atomic mass is 10.00. The smallest absolute Gasteiger partial charge is 0.326 e. The number of guanidine groups is 1. The lowest BCUT2D eigenvalue weighted by Crippen LogP contribution is -2.37. The fraction of sp³-hybridized carbons (Fsp3) is 0.258. The number of allylic oxidation sites excluding steroid dienone is 2. The Morgan fingerprint density at radius 1 is 1.16 bits per heavy atom. The average Bonchev–Trinajstić information content (AvgIpc) is 3.62. The first-order chi connectivity index (χ1) is 21.1. The molecule has 11 nitrogen and oxygen atoms in total. The number of nitrogens with one attached hydrogen (secondary N) is 4. The number of anilines is 1. The van der Waals surface area contributed by atoms with Crippen molar-refractivity contribution in [2.24, 2.45) is 5.73 Å². The molecule has 43 heavy (non-hydrogen) atoms. The summed E-state index contributed by atoms with van der Waals surface area (Å²) >= 11 is 0. The molecule has 1 atom stereocenters. The Hall–Kier alpha value is -5.26. The Morgan fingerprint density at radius 3 is 2.53 bits per heavy atom. The van der Waals surface area contributed by atoms with Gasteiger partial charge in [0.1, 0.15) is 34.8 Å². The molecule has 7 N–H and O–H groups in total. The number of hydrogen-bond acceptors (Lipinski definition) is 7. The third-order valence-electron chi connectivity index (χ3n) is 7.03. The predicted molar refractivity (Wildman–Crippen MR) is 161 cm³/mol. The fourth-order valence-corrected chi connectivity index (χ4v) is 4.90. The van der Waals surface area contributed by atoms with Gasteiger partial charge in [0.2, 0.25) is 5.91 Å². The number of carboxylic acids is 1. The second kappa shape index (κ2) is 13.6. The Morgan fingerprint density at radius 2 is 1.91 bits per heavy atom. The largest absolute Gasteiger partial charge is 0.494 e. The van der Waals surface area contributed by atoms with Gasteiger partial charge in [-0.05, 0) is 89.2 Å². The molecule has 4 rings (SSSR count). The van der Waals surface area contributed by atoms with Crippen molar-refractivity contribution in [3.8, 4) is 11.5 Å². The molecule has 0 aliphatic heterocycles. The maximum Gasteiger partial charge on any atom is 0.326 e. The van der Waals surface area contributed by atoms with Crippen LogP contribution in [0.2, 0.25) is 1.41 Å². The second-order valence-electron chi connectivity index (χ2n) is 9.82. The first-order valence-corrected chi connectivity index (χ1v) is 13.4. The van der Waals surface area contributed by atoms with E-state index in [2.05, 4.69) is 21.4 Å². The number of carbonyl (C=O) groups is 2. The Bertz CT molecular complexity index is 1590. The molecule has 1 heterocycles. The van der Waals surface area contributed by atoms with E-state index in [4.69, 9.17) is 21.0 Å². The Balaban J connectivity index is 1.65. The third kappa shape index (κ3) is 7.34. The number of nitrogens with two attached hydrogens (primary N) is 1. The van der Waals surface area contributed by atoms with Crippen LogP contribution < -0.4 is 31.2 Å². The van der Waals surface area contributed by atoms with Crippen LogP contribution >= 0.6 is 0 Å². The van der Waals surface area contributed by atoms with E-state index in [9.17, 15) is 19.1 Å². The van der Waals surface area contributed by atoms with Gasteiger partial charge >= 0.3 is 5.97 Å². The van der Waals surface area contributed by atoms with Crippen molar-refractivity contribution >= 4 is 40.7 Å². The average molecular weight is 592 g/mol. The number of halogens is 1. The molecule has 226 valence electrons. The lowest BCUT2D eigenvalue weighted by molar-refractivity contribution is -0.138. The maximum atomic E-state index is 14.4. The minimum absolute atomic E-state index is 0.0422. The topological polar surface area (TPSA) is 172 Å². The molecule has 0 spiro atoms. The van der Waals surface area contributed by atoms with Gasteiger partial charge in [0.15, 0.2) is 7.37 Å². The van der Waals surface area contributed by atoms with Gasteiger partial charge in [-0.1, -0.05) is 6.07 Å². The molecule has 0 bridgehead atoms. The highest BCUT2D eigenvalue weighted by Gasteiger charge is 2.27. The number of carboxylic acid groups (broad SMARTS) is 1. The van der Waals surface area contributed by atoms with Gasteiger partial charge in [0.25, 0.3) is 0 Å². The van der Waals surface area contributed by atoms with Crippen molar-refractivity contribution in [2.75, 3.05) is 26.1 Å². The summed E-state index contributed by atoms with van der Waals surface area (Å²) in [7, 11) is 2.91. The number of amides is 1. The van der Waals surface area contributed by atoms with Crippen LogP contribution in [0, 0.1) is 11.2 Å². The quantitative estimate of drug-likeness (QED) is 0.126. The van der Waals surface area contributed by atoms with Crippen LogP contribution in [0.3, 0.4) is 0 Å². The number of aliphatic carboxylic acids is 1. The number of methoxy groups -OCH3 is 2. The molecule has 0 fully saturated rings. The van der Waals surface area contributed by atoms with Crippen molar-refractivity contribution in [1.82, 2.24) is 10.6 Å². The first kappa shape index (κ1) is 29.2. The van der Waals surface area contributed by atoms with E-state index in [-0.39, 0.29) is 37.8 Å². The first-order valence-electron chi connectivity index (χ1n) is 13.9. The van der Waals surface area contributed by atoms with Gasteiger partial charge in [0, 0.05) is 6.54 Å². The molecule has 1 amide bonds. The molecular weight excluding hydrogens is 557 g/mol. The van der Waals surface area contributed by atoms with Crippen LogP contribution in [0.4, 0.5) is 10.1 Å². The summed E-state index contributed by atoms with van der Waals surface area (Å²) in [5.74, 6) is -0.595. The van der Waals surface area contributed by atoms with E-state index in [0.29, 0.717) is 39.6 Å². The van der Waals surface area contributed by atoms with Crippen LogP contribution in [-0.2, 0) is 16.1 Å². The number of furan rings is 1. The molecular formula is C31H34FN5O6. The number of rotatable bonds is 13. The number of carbonyl (C=O) groups excluding carboxylic acids is 1. The highest BCUT2D eigenvalue weighted by Crippen LogP contribution is 2.45. The van der Waals surface area contributed by atoms with E-state index in [1.807, 2.05) is 13.0 Å². The molecule has 1 aliphatic rings. The van der Waals surface area contributed by atoms with Crippen LogP contribution in [0.1, 0.15) is 42.2 Å². The van der Waals surface area contributed by atoms with Crippen LogP contribution in [0.25, 0.3) is 17.2 Å². The molecule has 12 heteroatoms. The molecule has 0 radical (unpaired) electrons. The van der Waals surface area contributed by atoms with Crippen LogP contribution in [0.15, 0.2) is 58.7 Å². The predicted octanol–water partition coefficient (Wildman–Crippen LogP) is 4.21. The Kier molecular flexibility index (Phi) is 9.25. The van der Waals surface area contributed by atoms with Gasteiger partial charge in [-0.25, -0.2) is 9.18 Å². The summed E-state index contributed by atoms with van der Waals surface area (Å²) in [5.41, 5.74) is 10.2. The minimum atomic E-state index is -1.11. The molecule has 1 unspecified atom stereocenters. The van der Waals surface area contributed by atoms with Crippen molar-refractivity contribution in [3.63, 3.8) is 0 Å². The van der Waals surface area contributed by atoms with E-state index in [0.717, 1.165) is 16.7 Å². The number of fused-ring (bicyclic) bond motifs is 1. The van der Waals surface area contributed by atoms with E-state index in [1.54, 1.807) is 30.3 Å². The molecule has 0 saturated carbocycles. The van der Waals surface area contributed by atoms with Crippen molar-refractivity contribution in [1.29, 1.82) is 5.40 Å². The number of ether oxygens (including phenoxy) is 2. The van der Waals surface area contributed by atoms with Gasteiger partial charge in [-0.15, -0.1) is 0 Å².